The average Bonchev–Trinajstić information content (AvgIpc) is 2.81. The Morgan fingerprint density at radius 1 is 0.469 bits per heavy atom. The van der Waals surface area contributed by atoms with E-state index in [-0.39, 0.29) is 11.8 Å². The first-order valence-electron chi connectivity index (χ1n) is 9.82. The minimum absolute atomic E-state index is 0.199. The minimum atomic E-state index is -0.199. The third-order valence-electron chi connectivity index (χ3n) is 4.83. The van der Waals surface area contributed by atoms with E-state index in [4.69, 9.17) is 23.2 Å². The van der Waals surface area contributed by atoms with Gasteiger partial charge in [-0.1, -0.05) is 47.5 Å². The summed E-state index contributed by atoms with van der Waals surface area (Å²) in [6.45, 7) is 0. The first-order valence-corrected chi connectivity index (χ1v) is 10.6. The zero-order valence-corrected chi connectivity index (χ0v) is 18.3. The molecule has 2 N–H and O–H groups in total. The van der Waals surface area contributed by atoms with Crippen LogP contribution in [0.25, 0.3) is 11.1 Å². The van der Waals surface area contributed by atoms with Crippen molar-refractivity contribution in [1.29, 1.82) is 0 Å². The summed E-state index contributed by atoms with van der Waals surface area (Å²) < 4.78 is 0. The van der Waals surface area contributed by atoms with Gasteiger partial charge in [-0.05, 0) is 83.9 Å². The molecule has 0 spiro atoms. The van der Waals surface area contributed by atoms with E-state index in [1.54, 1.807) is 48.5 Å². The van der Waals surface area contributed by atoms with Crippen LogP contribution in [0.4, 0.5) is 11.4 Å². The summed E-state index contributed by atoms with van der Waals surface area (Å²) in [6, 6.07) is 28.5. The van der Waals surface area contributed by atoms with Crippen LogP contribution >= 0.6 is 23.2 Å². The summed E-state index contributed by atoms with van der Waals surface area (Å²) in [6.07, 6.45) is 0. The lowest BCUT2D eigenvalue weighted by atomic mass is 10.0. The van der Waals surface area contributed by atoms with Gasteiger partial charge in [-0.3, -0.25) is 9.59 Å². The summed E-state index contributed by atoms with van der Waals surface area (Å²) in [4.78, 5) is 24.7. The van der Waals surface area contributed by atoms with Crippen LogP contribution in [0.15, 0.2) is 97.1 Å². The van der Waals surface area contributed by atoms with E-state index >= 15 is 0 Å². The number of hydrogen-bond acceptors (Lipinski definition) is 2. The molecule has 0 saturated heterocycles. The normalized spacial score (nSPS) is 10.4. The van der Waals surface area contributed by atoms with Crippen LogP contribution < -0.4 is 10.6 Å². The smallest absolute Gasteiger partial charge is 0.255 e. The Hall–Kier alpha value is -3.60. The molecule has 0 aliphatic heterocycles. The Labute approximate surface area is 195 Å². The Balaban J connectivity index is 1.39. The highest BCUT2D eigenvalue weighted by Gasteiger charge is 2.08. The Morgan fingerprint density at radius 3 is 1.09 bits per heavy atom. The van der Waals surface area contributed by atoms with Gasteiger partial charge in [0.05, 0.1) is 0 Å². The number of carbonyl (C=O) groups is 2. The first-order chi connectivity index (χ1) is 15.5. The predicted octanol–water partition coefficient (Wildman–Crippen LogP) is 7.17. The number of amides is 2. The third kappa shape index (κ3) is 5.35. The fourth-order valence-corrected chi connectivity index (χ4v) is 3.35. The molecule has 4 nitrogen and oxygen atoms in total. The van der Waals surface area contributed by atoms with E-state index in [0.717, 1.165) is 11.1 Å². The standard InChI is InChI=1S/C26H18Cl2N2O2/c27-21-9-1-19(2-10-21)25(31)29-23-13-5-17(6-14-23)18-7-15-24(16-8-18)30-26(32)20-3-11-22(28)12-4-20/h1-16H,(H,29,31)(H,30,32). The maximum atomic E-state index is 12.3. The quantitative estimate of drug-likeness (QED) is 0.331. The maximum absolute atomic E-state index is 12.3. The molecule has 0 heterocycles. The highest BCUT2D eigenvalue weighted by Crippen LogP contribution is 2.24. The van der Waals surface area contributed by atoms with Crippen molar-refractivity contribution in [1.82, 2.24) is 0 Å². The van der Waals surface area contributed by atoms with Crippen LogP contribution in [0.1, 0.15) is 20.7 Å². The Bertz CT molecular complexity index is 1130. The van der Waals surface area contributed by atoms with Gasteiger partial charge in [0.15, 0.2) is 0 Å². The molecule has 0 fully saturated rings. The molecular weight excluding hydrogens is 443 g/mol. The molecule has 0 atom stereocenters. The highest BCUT2D eigenvalue weighted by atomic mass is 35.5. The van der Waals surface area contributed by atoms with Crippen LogP contribution in [-0.4, -0.2) is 11.8 Å². The van der Waals surface area contributed by atoms with Gasteiger partial charge in [-0.2, -0.15) is 0 Å². The van der Waals surface area contributed by atoms with E-state index in [0.29, 0.717) is 32.5 Å². The Morgan fingerprint density at radius 2 is 0.781 bits per heavy atom. The largest absolute Gasteiger partial charge is 0.322 e. The van der Waals surface area contributed by atoms with Gasteiger partial charge in [0.25, 0.3) is 11.8 Å². The number of halogens is 2. The van der Waals surface area contributed by atoms with Crippen molar-refractivity contribution in [2.24, 2.45) is 0 Å². The van der Waals surface area contributed by atoms with Crippen LogP contribution in [0.3, 0.4) is 0 Å². The molecule has 6 heteroatoms. The molecule has 158 valence electrons. The molecule has 0 unspecified atom stereocenters. The molecule has 4 rings (SSSR count). The summed E-state index contributed by atoms with van der Waals surface area (Å²) in [5.41, 5.74) is 4.45. The number of anilines is 2. The second kappa shape index (κ2) is 9.69. The van der Waals surface area contributed by atoms with E-state index < -0.39 is 0 Å². The SMILES string of the molecule is O=C(Nc1ccc(-c2ccc(NC(=O)c3ccc(Cl)cc3)cc2)cc1)c1ccc(Cl)cc1. The van der Waals surface area contributed by atoms with E-state index in [1.165, 1.54) is 0 Å². The molecule has 0 radical (unpaired) electrons. The molecule has 0 saturated carbocycles. The van der Waals surface area contributed by atoms with E-state index in [1.807, 2.05) is 48.5 Å². The minimum Gasteiger partial charge on any atom is -0.322 e. The molecule has 2 amide bonds. The van der Waals surface area contributed by atoms with Gasteiger partial charge >= 0.3 is 0 Å². The van der Waals surface area contributed by atoms with E-state index in [9.17, 15) is 9.59 Å². The number of hydrogen-bond donors (Lipinski definition) is 2. The van der Waals surface area contributed by atoms with Crippen molar-refractivity contribution in [3.63, 3.8) is 0 Å². The summed E-state index contributed by atoms with van der Waals surface area (Å²) >= 11 is 11.7. The lowest BCUT2D eigenvalue weighted by Gasteiger charge is -2.09. The second-order valence-corrected chi connectivity index (χ2v) is 7.95. The van der Waals surface area contributed by atoms with Gasteiger partial charge in [-0.15, -0.1) is 0 Å². The van der Waals surface area contributed by atoms with Gasteiger partial charge in [-0.25, -0.2) is 0 Å². The van der Waals surface area contributed by atoms with E-state index in [2.05, 4.69) is 10.6 Å². The van der Waals surface area contributed by atoms with Crippen molar-refractivity contribution in [2.75, 3.05) is 10.6 Å². The molecule has 4 aromatic carbocycles. The van der Waals surface area contributed by atoms with Crippen molar-refractivity contribution in [3.05, 3.63) is 118 Å². The van der Waals surface area contributed by atoms with Gasteiger partial charge < -0.3 is 10.6 Å². The van der Waals surface area contributed by atoms with Crippen LogP contribution in [0.2, 0.25) is 10.0 Å². The van der Waals surface area contributed by atoms with Crippen LogP contribution in [-0.2, 0) is 0 Å². The number of rotatable bonds is 5. The topological polar surface area (TPSA) is 58.2 Å². The fourth-order valence-electron chi connectivity index (χ4n) is 3.10. The molecule has 0 aromatic heterocycles. The van der Waals surface area contributed by atoms with Crippen LogP contribution in [0, 0.1) is 0 Å². The molecule has 0 aliphatic rings. The van der Waals surface area contributed by atoms with Crippen molar-refractivity contribution >= 4 is 46.4 Å². The molecule has 4 aromatic rings. The summed E-state index contributed by atoms with van der Waals surface area (Å²) in [5, 5.41) is 6.91. The molecule has 0 aliphatic carbocycles. The van der Waals surface area contributed by atoms with Crippen LogP contribution in [0.5, 0.6) is 0 Å². The number of carbonyl (C=O) groups excluding carboxylic acids is 2. The highest BCUT2D eigenvalue weighted by molar-refractivity contribution is 6.31. The van der Waals surface area contributed by atoms with Gasteiger partial charge in [0.1, 0.15) is 0 Å². The molecular formula is C26H18Cl2N2O2. The third-order valence-corrected chi connectivity index (χ3v) is 5.34. The van der Waals surface area contributed by atoms with Crippen molar-refractivity contribution < 1.29 is 9.59 Å². The van der Waals surface area contributed by atoms with Gasteiger partial charge in [0, 0.05) is 32.5 Å². The number of benzene rings is 4. The summed E-state index contributed by atoms with van der Waals surface area (Å²) in [7, 11) is 0. The zero-order valence-electron chi connectivity index (χ0n) is 16.8. The lowest BCUT2D eigenvalue weighted by molar-refractivity contribution is 0.101. The number of nitrogens with one attached hydrogen (secondary N) is 2. The average molecular weight is 461 g/mol. The second-order valence-electron chi connectivity index (χ2n) is 7.08. The maximum Gasteiger partial charge on any atom is 0.255 e. The van der Waals surface area contributed by atoms with Crippen molar-refractivity contribution in [3.8, 4) is 11.1 Å². The molecule has 32 heavy (non-hydrogen) atoms. The summed E-state index contributed by atoms with van der Waals surface area (Å²) in [5.74, 6) is -0.398. The predicted molar refractivity (Wildman–Crippen MR) is 131 cm³/mol. The first kappa shape index (κ1) is 21.6. The zero-order chi connectivity index (χ0) is 22.5. The van der Waals surface area contributed by atoms with Gasteiger partial charge in [0.2, 0.25) is 0 Å². The Kier molecular flexibility index (Phi) is 6.55. The molecule has 0 bridgehead atoms. The lowest BCUT2D eigenvalue weighted by Crippen LogP contribution is -2.11. The fraction of sp³-hybridized carbons (Fsp3) is 0. The monoisotopic (exact) mass is 460 g/mol. The van der Waals surface area contributed by atoms with Crippen molar-refractivity contribution in [2.45, 2.75) is 0 Å².